The second-order valence-corrected chi connectivity index (χ2v) is 5.02. The Morgan fingerprint density at radius 1 is 1.14 bits per heavy atom. The lowest BCUT2D eigenvalue weighted by atomic mass is 10.2. The molecule has 0 heterocycles. The highest BCUT2D eigenvalue weighted by Crippen LogP contribution is 2.34. The largest absolute Gasteiger partial charge is 0.493 e. The normalized spacial score (nSPS) is 10.6. The van der Waals surface area contributed by atoms with Gasteiger partial charge in [-0.3, -0.25) is 0 Å². The van der Waals surface area contributed by atoms with Crippen molar-refractivity contribution in [1.82, 2.24) is 0 Å². The Morgan fingerprint density at radius 3 is 2.52 bits per heavy atom. The van der Waals surface area contributed by atoms with Crippen LogP contribution in [0.5, 0.6) is 17.2 Å². The van der Waals surface area contributed by atoms with Crippen LogP contribution in [0.3, 0.4) is 0 Å². The summed E-state index contributed by atoms with van der Waals surface area (Å²) < 4.78 is 11.9. The van der Waals surface area contributed by atoms with Gasteiger partial charge in [-0.2, -0.15) is 0 Å². The Morgan fingerprint density at radius 2 is 1.86 bits per heavy atom. The van der Waals surface area contributed by atoms with Gasteiger partial charge in [0.05, 0.1) is 7.11 Å². The molecule has 0 aliphatic heterocycles. The highest BCUT2D eigenvalue weighted by molar-refractivity contribution is 9.10. The van der Waals surface area contributed by atoms with Crippen LogP contribution in [0.25, 0.3) is 6.08 Å². The van der Waals surface area contributed by atoms with E-state index in [1.165, 1.54) is 6.08 Å². The lowest BCUT2D eigenvalue weighted by Crippen LogP contribution is -1.92. The summed E-state index contributed by atoms with van der Waals surface area (Å²) in [4.78, 5) is 10.7. The molecule has 0 aliphatic rings. The number of methoxy groups -OCH3 is 1. The number of rotatable bonds is 5. The van der Waals surface area contributed by atoms with Crippen LogP contribution in [0.2, 0.25) is 0 Å². The predicted molar refractivity (Wildman–Crippen MR) is 83.9 cm³/mol. The Bertz CT molecular complexity index is 680. The molecule has 4 nitrogen and oxygen atoms in total. The van der Waals surface area contributed by atoms with E-state index in [1.54, 1.807) is 31.4 Å². The fraction of sp³-hybridized carbons (Fsp3) is 0.0625. The molecular formula is C16H13BrO4. The Hall–Kier alpha value is -2.27. The predicted octanol–water partition coefficient (Wildman–Crippen LogP) is 4.35. The molecule has 0 amide bonds. The number of halogens is 1. The van der Waals surface area contributed by atoms with Gasteiger partial charge in [0, 0.05) is 16.1 Å². The molecule has 0 aliphatic carbocycles. The maximum Gasteiger partial charge on any atom is 0.328 e. The first kappa shape index (κ1) is 15.1. The molecule has 0 atom stereocenters. The summed E-state index contributed by atoms with van der Waals surface area (Å²) >= 11 is 3.36. The van der Waals surface area contributed by atoms with Crippen molar-refractivity contribution in [3.63, 3.8) is 0 Å². The molecule has 2 rings (SSSR count). The average molecular weight is 349 g/mol. The van der Waals surface area contributed by atoms with E-state index in [2.05, 4.69) is 15.9 Å². The molecule has 0 saturated heterocycles. The van der Waals surface area contributed by atoms with Gasteiger partial charge in [0.15, 0.2) is 11.5 Å². The Balaban J connectivity index is 2.37. The van der Waals surface area contributed by atoms with Gasteiger partial charge in [0.25, 0.3) is 0 Å². The summed E-state index contributed by atoms with van der Waals surface area (Å²) in [6.45, 7) is 0. The van der Waals surface area contributed by atoms with Crippen LogP contribution in [-0.2, 0) is 4.79 Å². The molecular weight excluding hydrogens is 336 g/mol. The van der Waals surface area contributed by atoms with E-state index >= 15 is 0 Å². The van der Waals surface area contributed by atoms with Gasteiger partial charge in [0.2, 0.25) is 0 Å². The maximum atomic E-state index is 10.7. The summed E-state index contributed by atoms with van der Waals surface area (Å²) in [5.41, 5.74) is 0.651. The van der Waals surface area contributed by atoms with Crippen molar-refractivity contribution in [2.75, 3.05) is 7.11 Å². The Labute approximate surface area is 130 Å². The van der Waals surface area contributed by atoms with Crippen LogP contribution >= 0.6 is 15.9 Å². The second kappa shape index (κ2) is 6.95. The smallest absolute Gasteiger partial charge is 0.328 e. The summed E-state index contributed by atoms with van der Waals surface area (Å²) in [7, 11) is 1.56. The first-order valence-electron chi connectivity index (χ1n) is 6.11. The number of carboxylic acids is 1. The van der Waals surface area contributed by atoms with E-state index in [-0.39, 0.29) is 0 Å². The summed E-state index contributed by atoms with van der Waals surface area (Å²) in [5.74, 6) is 0.694. The van der Waals surface area contributed by atoms with E-state index in [0.29, 0.717) is 22.8 Å². The van der Waals surface area contributed by atoms with Crippen molar-refractivity contribution in [2.45, 2.75) is 0 Å². The van der Waals surface area contributed by atoms with Crippen LogP contribution in [0, 0.1) is 0 Å². The minimum atomic E-state index is -1.02. The van der Waals surface area contributed by atoms with Gasteiger partial charge >= 0.3 is 5.97 Å². The van der Waals surface area contributed by atoms with E-state index in [1.807, 2.05) is 18.2 Å². The van der Waals surface area contributed by atoms with Crippen molar-refractivity contribution in [3.8, 4) is 17.2 Å². The molecule has 0 aromatic heterocycles. The highest BCUT2D eigenvalue weighted by Gasteiger charge is 2.08. The first-order chi connectivity index (χ1) is 10.1. The van der Waals surface area contributed by atoms with Crippen molar-refractivity contribution < 1.29 is 19.4 Å². The minimum Gasteiger partial charge on any atom is -0.493 e. The van der Waals surface area contributed by atoms with E-state index in [4.69, 9.17) is 14.6 Å². The van der Waals surface area contributed by atoms with Crippen LogP contribution in [0.15, 0.2) is 53.0 Å². The van der Waals surface area contributed by atoms with E-state index in [0.717, 1.165) is 10.5 Å². The molecule has 108 valence electrons. The first-order valence-corrected chi connectivity index (χ1v) is 6.91. The molecule has 1 N–H and O–H groups in total. The van der Waals surface area contributed by atoms with Crippen LogP contribution in [0.4, 0.5) is 0 Å². The van der Waals surface area contributed by atoms with Gasteiger partial charge in [-0.15, -0.1) is 0 Å². The van der Waals surface area contributed by atoms with Gasteiger partial charge in [-0.05, 0) is 36.4 Å². The quantitative estimate of drug-likeness (QED) is 0.816. The average Bonchev–Trinajstić information content (AvgIpc) is 2.48. The molecule has 0 bridgehead atoms. The number of hydrogen-bond donors (Lipinski definition) is 1. The zero-order chi connectivity index (χ0) is 15.2. The molecule has 21 heavy (non-hydrogen) atoms. The zero-order valence-corrected chi connectivity index (χ0v) is 12.8. The second-order valence-electron chi connectivity index (χ2n) is 4.11. The molecule has 0 unspecified atom stereocenters. The van der Waals surface area contributed by atoms with Crippen molar-refractivity contribution in [2.24, 2.45) is 0 Å². The fourth-order valence-electron chi connectivity index (χ4n) is 1.73. The van der Waals surface area contributed by atoms with E-state index < -0.39 is 5.97 Å². The number of aliphatic carboxylic acids is 1. The number of carbonyl (C=O) groups is 1. The van der Waals surface area contributed by atoms with Gasteiger partial charge in [0.1, 0.15) is 5.75 Å². The van der Waals surface area contributed by atoms with Crippen molar-refractivity contribution >= 4 is 28.0 Å². The number of para-hydroxylation sites is 2. The maximum absolute atomic E-state index is 10.7. The lowest BCUT2D eigenvalue weighted by Gasteiger charge is -2.12. The molecule has 0 saturated carbocycles. The third-order valence-corrected chi connectivity index (χ3v) is 3.16. The van der Waals surface area contributed by atoms with Gasteiger partial charge in [-0.25, -0.2) is 4.79 Å². The van der Waals surface area contributed by atoms with Gasteiger partial charge < -0.3 is 14.6 Å². The monoisotopic (exact) mass is 348 g/mol. The fourth-order valence-corrected chi connectivity index (χ4v) is 2.10. The SMILES string of the molecule is COc1ccccc1Oc1ccc(Br)cc1/C=C/C(=O)O. The van der Waals surface area contributed by atoms with Crippen LogP contribution in [0.1, 0.15) is 5.56 Å². The summed E-state index contributed by atoms with van der Waals surface area (Å²) in [6.07, 6.45) is 2.55. The number of ether oxygens (including phenoxy) is 2. The van der Waals surface area contributed by atoms with Crippen LogP contribution < -0.4 is 9.47 Å². The molecule has 5 heteroatoms. The lowest BCUT2D eigenvalue weighted by molar-refractivity contribution is -0.131. The standard InChI is InChI=1S/C16H13BrO4/c1-20-14-4-2-3-5-15(14)21-13-8-7-12(17)10-11(13)6-9-16(18)19/h2-10H,1H3,(H,18,19)/b9-6+. The van der Waals surface area contributed by atoms with Crippen molar-refractivity contribution in [3.05, 3.63) is 58.6 Å². The van der Waals surface area contributed by atoms with E-state index in [9.17, 15) is 4.79 Å². The number of benzene rings is 2. The molecule has 0 spiro atoms. The minimum absolute atomic E-state index is 0.542. The zero-order valence-electron chi connectivity index (χ0n) is 11.2. The Kier molecular flexibility index (Phi) is 5.00. The molecule has 2 aromatic rings. The summed E-state index contributed by atoms with van der Waals surface area (Å²) in [5, 5.41) is 8.75. The third kappa shape index (κ3) is 4.10. The van der Waals surface area contributed by atoms with Gasteiger partial charge in [-0.1, -0.05) is 28.1 Å². The molecule has 2 aromatic carbocycles. The molecule has 0 fully saturated rings. The number of carboxylic acid groups (broad SMARTS) is 1. The third-order valence-electron chi connectivity index (χ3n) is 2.67. The highest BCUT2D eigenvalue weighted by atomic mass is 79.9. The number of hydrogen-bond acceptors (Lipinski definition) is 3. The van der Waals surface area contributed by atoms with Crippen molar-refractivity contribution in [1.29, 1.82) is 0 Å². The molecule has 0 radical (unpaired) electrons. The topological polar surface area (TPSA) is 55.8 Å². The van der Waals surface area contributed by atoms with Crippen LogP contribution in [-0.4, -0.2) is 18.2 Å². The summed E-state index contributed by atoms with van der Waals surface area (Å²) in [6, 6.07) is 12.6.